The van der Waals surface area contributed by atoms with Gasteiger partial charge in [-0.25, -0.2) is 0 Å². The van der Waals surface area contributed by atoms with Crippen LogP contribution in [0.5, 0.6) is 11.5 Å². The van der Waals surface area contributed by atoms with Crippen molar-refractivity contribution in [1.29, 1.82) is 0 Å². The van der Waals surface area contributed by atoms with Gasteiger partial charge in [-0.3, -0.25) is 0 Å². The second-order valence-electron chi connectivity index (χ2n) is 2.78. The molecule has 0 bridgehead atoms. The first-order valence-corrected chi connectivity index (χ1v) is 4.15. The number of phenols is 2. The molecule has 0 fully saturated rings. The molecular formula is C9H14N2O2. The van der Waals surface area contributed by atoms with E-state index in [9.17, 15) is 5.11 Å². The number of hydrogen-bond acceptors (Lipinski definition) is 4. The largest absolute Gasteiger partial charge is 0.508 e. The first kappa shape index (κ1) is 9.83. The predicted octanol–water partition coefficient (Wildman–Crippen LogP) is 0.146. The first-order chi connectivity index (χ1) is 6.24. The average molecular weight is 182 g/mol. The van der Waals surface area contributed by atoms with Crippen LogP contribution in [0.15, 0.2) is 18.2 Å². The topological polar surface area (TPSA) is 78.5 Å². The molecule has 4 heteroatoms. The van der Waals surface area contributed by atoms with Crippen molar-refractivity contribution in [1.82, 2.24) is 5.32 Å². The van der Waals surface area contributed by atoms with Crippen LogP contribution in [-0.2, 0) is 6.54 Å². The van der Waals surface area contributed by atoms with Crippen LogP contribution >= 0.6 is 0 Å². The number of aromatic hydroxyl groups is 2. The molecule has 5 N–H and O–H groups in total. The Kier molecular flexibility index (Phi) is 3.54. The van der Waals surface area contributed by atoms with Gasteiger partial charge in [0.1, 0.15) is 11.5 Å². The number of phenolic OH excluding ortho intramolecular Hbond substituents is 2. The molecule has 0 amide bonds. The van der Waals surface area contributed by atoms with Crippen LogP contribution in [0.1, 0.15) is 5.56 Å². The number of hydrogen-bond donors (Lipinski definition) is 4. The molecule has 72 valence electrons. The van der Waals surface area contributed by atoms with Gasteiger partial charge in [0, 0.05) is 31.3 Å². The van der Waals surface area contributed by atoms with Crippen molar-refractivity contribution >= 4 is 0 Å². The van der Waals surface area contributed by atoms with Gasteiger partial charge in [-0.05, 0) is 6.07 Å². The molecule has 0 aliphatic rings. The minimum atomic E-state index is 0.0695. The van der Waals surface area contributed by atoms with Crippen LogP contribution in [0, 0.1) is 0 Å². The summed E-state index contributed by atoms with van der Waals surface area (Å²) in [5.74, 6) is 0.171. The second kappa shape index (κ2) is 4.69. The van der Waals surface area contributed by atoms with Crippen LogP contribution in [-0.4, -0.2) is 23.3 Å². The summed E-state index contributed by atoms with van der Waals surface area (Å²) in [6.45, 7) is 1.84. The first-order valence-electron chi connectivity index (χ1n) is 4.15. The van der Waals surface area contributed by atoms with Gasteiger partial charge in [-0.1, -0.05) is 6.07 Å². The summed E-state index contributed by atoms with van der Waals surface area (Å²) in [5.41, 5.74) is 6.05. The Morgan fingerprint density at radius 3 is 2.69 bits per heavy atom. The lowest BCUT2D eigenvalue weighted by Crippen LogP contribution is -2.21. The molecule has 0 spiro atoms. The molecule has 4 nitrogen and oxygen atoms in total. The SMILES string of the molecule is NCCNCc1ccc(O)cc1O. The maximum Gasteiger partial charge on any atom is 0.123 e. The smallest absolute Gasteiger partial charge is 0.123 e. The van der Waals surface area contributed by atoms with Gasteiger partial charge in [0.15, 0.2) is 0 Å². The zero-order chi connectivity index (χ0) is 9.68. The lowest BCUT2D eigenvalue weighted by atomic mass is 10.2. The summed E-state index contributed by atoms with van der Waals surface area (Å²) in [4.78, 5) is 0. The molecule has 0 aliphatic heterocycles. The van der Waals surface area contributed by atoms with E-state index in [1.807, 2.05) is 0 Å². The maximum atomic E-state index is 9.36. The molecule has 0 heterocycles. The van der Waals surface area contributed by atoms with Crippen molar-refractivity contribution in [3.05, 3.63) is 23.8 Å². The Labute approximate surface area is 77.0 Å². The fourth-order valence-electron chi connectivity index (χ4n) is 1.03. The Balaban J connectivity index is 2.56. The Morgan fingerprint density at radius 2 is 2.08 bits per heavy atom. The zero-order valence-electron chi connectivity index (χ0n) is 7.33. The molecular weight excluding hydrogens is 168 g/mol. The van der Waals surface area contributed by atoms with Gasteiger partial charge >= 0.3 is 0 Å². The van der Waals surface area contributed by atoms with E-state index in [0.29, 0.717) is 19.6 Å². The highest BCUT2D eigenvalue weighted by Gasteiger charge is 2.00. The third-order valence-electron chi connectivity index (χ3n) is 1.71. The van der Waals surface area contributed by atoms with Gasteiger partial charge in [-0.15, -0.1) is 0 Å². The molecule has 0 atom stereocenters. The highest BCUT2D eigenvalue weighted by atomic mass is 16.3. The fraction of sp³-hybridized carbons (Fsp3) is 0.333. The predicted molar refractivity (Wildman–Crippen MR) is 50.5 cm³/mol. The molecule has 0 aromatic heterocycles. The van der Waals surface area contributed by atoms with Gasteiger partial charge in [0.25, 0.3) is 0 Å². The lowest BCUT2D eigenvalue weighted by Gasteiger charge is -2.05. The zero-order valence-corrected chi connectivity index (χ0v) is 7.33. The molecule has 1 rings (SSSR count). The summed E-state index contributed by atoms with van der Waals surface area (Å²) in [6, 6.07) is 4.53. The number of nitrogens with two attached hydrogens (primary N) is 1. The summed E-state index contributed by atoms with van der Waals surface area (Å²) in [5, 5.41) is 21.4. The molecule has 0 aliphatic carbocycles. The van der Waals surface area contributed by atoms with E-state index in [2.05, 4.69) is 5.32 Å². The van der Waals surface area contributed by atoms with E-state index in [0.717, 1.165) is 5.56 Å². The fourth-order valence-corrected chi connectivity index (χ4v) is 1.03. The van der Waals surface area contributed by atoms with E-state index in [4.69, 9.17) is 10.8 Å². The van der Waals surface area contributed by atoms with Crippen LogP contribution in [0.25, 0.3) is 0 Å². The third-order valence-corrected chi connectivity index (χ3v) is 1.71. The van der Waals surface area contributed by atoms with Crippen LogP contribution in [0.3, 0.4) is 0 Å². The van der Waals surface area contributed by atoms with Crippen molar-refractivity contribution in [2.75, 3.05) is 13.1 Å². The van der Waals surface area contributed by atoms with Crippen LogP contribution in [0.4, 0.5) is 0 Å². The van der Waals surface area contributed by atoms with E-state index in [-0.39, 0.29) is 11.5 Å². The maximum absolute atomic E-state index is 9.36. The normalized spacial score (nSPS) is 10.2. The molecule has 0 unspecified atom stereocenters. The average Bonchev–Trinajstić information content (AvgIpc) is 2.09. The van der Waals surface area contributed by atoms with Crippen LogP contribution in [0.2, 0.25) is 0 Å². The summed E-state index contributed by atoms with van der Waals surface area (Å²) in [6.07, 6.45) is 0. The highest BCUT2D eigenvalue weighted by Crippen LogP contribution is 2.21. The number of rotatable bonds is 4. The standard InChI is InChI=1S/C9H14N2O2/c10-3-4-11-6-7-1-2-8(12)5-9(7)13/h1-2,5,11-13H,3-4,6,10H2. The molecule has 0 radical (unpaired) electrons. The molecule has 13 heavy (non-hydrogen) atoms. The Morgan fingerprint density at radius 1 is 1.31 bits per heavy atom. The summed E-state index contributed by atoms with van der Waals surface area (Å²) < 4.78 is 0. The molecule has 0 saturated carbocycles. The van der Waals surface area contributed by atoms with E-state index in [1.165, 1.54) is 6.07 Å². The molecule has 1 aromatic rings. The van der Waals surface area contributed by atoms with Gasteiger partial charge < -0.3 is 21.3 Å². The Bertz CT molecular complexity index is 276. The monoisotopic (exact) mass is 182 g/mol. The van der Waals surface area contributed by atoms with Crippen molar-refractivity contribution in [3.8, 4) is 11.5 Å². The van der Waals surface area contributed by atoms with Crippen molar-refractivity contribution in [2.45, 2.75) is 6.54 Å². The van der Waals surface area contributed by atoms with Gasteiger partial charge in [0.2, 0.25) is 0 Å². The van der Waals surface area contributed by atoms with E-state index >= 15 is 0 Å². The van der Waals surface area contributed by atoms with Crippen molar-refractivity contribution < 1.29 is 10.2 Å². The lowest BCUT2D eigenvalue weighted by molar-refractivity contribution is 0.444. The van der Waals surface area contributed by atoms with Crippen molar-refractivity contribution in [2.24, 2.45) is 5.73 Å². The van der Waals surface area contributed by atoms with Gasteiger partial charge in [0.05, 0.1) is 0 Å². The minimum Gasteiger partial charge on any atom is -0.508 e. The Hall–Kier alpha value is -1.26. The summed E-state index contributed by atoms with van der Waals surface area (Å²) in [7, 11) is 0. The quantitative estimate of drug-likeness (QED) is 0.500. The molecule has 1 aromatic carbocycles. The van der Waals surface area contributed by atoms with Crippen LogP contribution < -0.4 is 11.1 Å². The summed E-state index contributed by atoms with van der Waals surface area (Å²) >= 11 is 0. The van der Waals surface area contributed by atoms with E-state index in [1.54, 1.807) is 12.1 Å². The second-order valence-corrected chi connectivity index (χ2v) is 2.78. The van der Waals surface area contributed by atoms with Crippen molar-refractivity contribution in [3.63, 3.8) is 0 Å². The third kappa shape index (κ3) is 2.93. The number of nitrogens with one attached hydrogen (secondary N) is 1. The minimum absolute atomic E-state index is 0.0695. The highest BCUT2D eigenvalue weighted by molar-refractivity contribution is 5.38. The van der Waals surface area contributed by atoms with E-state index < -0.39 is 0 Å². The number of benzene rings is 1. The molecule has 0 saturated heterocycles. The van der Waals surface area contributed by atoms with Gasteiger partial charge in [-0.2, -0.15) is 0 Å².